The second-order valence-corrected chi connectivity index (χ2v) is 6.54. The maximum atomic E-state index is 12.7. The van der Waals surface area contributed by atoms with Gasteiger partial charge in [-0.3, -0.25) is 9.36 Å². The minimum Gasteiger partial charge on any atom is -0.382 e. The van der Waals surface area contributed by atoms with Crippen LogP contribution >= 0.6 is 22.9 Å². The first-order chi connectivity index (χ1) is 12.1. The van der Waals surface area contributed by atoms with E-state index in [1.54, 1.807) is 24.3 Å². The van der Waals surface area contributed by atoms with Crippen molar-refractivity contribution < 1.29 is 4.74 Å². The molecule has 1 aromatic carbocycles. The van der Waals surface area contributed by atoms with E-state index in [1.807, 2.05) is 25.1 Å². The van der Waals surface area contributed by atoms with Crippen LogP contribution in [0.2, 0.25) is 5.02 Å². The number of rotatable bonds is 6. The topological polar surface area (TPSA) is 78.8 Å². The first-order valence-corrected chi connectivity index (χ1v) is 8.89. The SMILES string of the molecule is CCOCCCn1c(=C(C#N)C#N)s/c(=C/c2cccc(Cl)c2)c1=O. The van der Waals surface area contributed by atoms with E-state index in [4.69, 9.17) is 26.9 Å². The molecule has 0 unspecified atom stereocenters. The third-order valence-corrected chi connectivity index (χ3v) is 4.73. The van der Waals surface area contributed by atoms with Gasteiger partial charge in [-0.2, -0.15) is 10.5 Å². The highest BCUT2D eigenvalue weighted by Gasteiger charge is 2.09. The lowest BCUT2D eigenvalue weighted by Crippen LogP contribution is -2.32. The summed E-state index contributed by atoms with van der Waals surface area (Å²) in [5.74, 6) is 0. The van der Waals surface area contributed by atoms with Crippen LogP contribution in [0.3, 0.4) is 0 Å². The van der Waals surface area contributed by atoms with E-state index in [0.29, 0.717) is 40.4 Å². The fraction of sp³-hybridized carbons (Fsp3) is 0.278. The second-order valence-electron chi connectivity index (χ2n) is 5.08. The summed E-state index contributed by atoms with van der Waals surface area (Å²) in [6, 6.07) is 10.9. The molecule has 0 aliphatic rings. The first-order valence-electron chi connectivity index (χ1n) is 7.70. The fourth-order valence-corrected chi connectivity index (χ4v) is 3.52. The van der Waals surface area contributed by atoms with E-state index < -0.39 is 0 Å². The number of thiazole rings is 1. The zero-order valence-corrected chi connectivity index (χ0v) is 15.2. The molecule has 2 aromatic rings. The van der Waals surface area contributed by atoms with Crippen LogP contribution in [0.25, 0.3) is 11.6 Å². The molecule has 0 N–H and O–H groups in total. The molecule has 0 saturated heterocycles. The van der Waals surface area contributed by atoms with Crippen molar-refractivity contribution in [3.63, 3.8) is 0 Å². The number of nitriles is 2. The summed E-state index contributed by atoms with van der Waals surface area (Å²) in [7, 11) is 0. The Bertz CT molecular complexity index is 993. The van der Waals surface area contributed by atoms with Crippen molar-refractivity contribution in [1.82, 2.24) is 4.57 Å². The zero-order chi connectivity index (χ0) is 18.2. The number of benzene rings is 1. The van der Waals surface area contributed by atoms with Crippen molar-refractivity contribution in [2.24, 2.45) is 0 Å². The van der Waals surface area contributed by atoms with Gasteiger partial charge in [-0.15, -0.1) is 11.3 Å². The molecule has 0 amide bonds. The number of aromatic nitrogens is 1. The third-order valence-electron chi connectivity index (χ3n) is 3.37. The van der Waals surface area contributed by atoms with Gasteiger partial charge >= 0.3 is 0 Å². The number of halogens is 1. The Morgan fingerprint density at radius 3 is 2.80 bits per heavy atom. The van der Waals surface area contributed by atoms with Crippen LogP contribution in [0, 0.1) is 22.7 Å². The van der Waals surface area contributed by atoms with E-state index in [0.717, 1.165) is 16.9 Å². The van der Waals surface area contributed by atoms with Crippen molar-refractivity contribution in [1.29, 1.82) is 10.5 Å². The molecular weight excluding hydrogens is 358 g/mol. The second kappa shape index (κ2) is 9.19. The highest BCUT2D eigenvalue weighted by atomic mass is 35.5. The monoisotopic (exact) mass is 373 g/mol. The van der Waals surface area contributed by atoms with Crippen LogP contribution in [-0.4, -0.2) is 17.8 Å². The van der Waals surface area contributed by atoms with Gasteiger partial charge < -0.3 is 4.74 Å². The lowest BCUT2D eigenvalue weighted by molar-refractivity contribution is 0.141. The summed E-state index contributed by atoms with van der Waals surface area (Å²) in [5, 5.41) is 18.9. The van der Waals surface area contributed by atoms with Gasteiger partial charge in [0.05, 0.1) is 4.53 Å². The first kappa shape index (κ1) is 19.0. The van der Waals surface area contributed by atoms with Gasteiger partial charge in [-0.1, -0.05) is 23.7 Å². The van der Waals surface area contributed by atoms with Gasteiger partial charge in [0.2, 0.25) is 0 Å². The summed E-state index contributed by atoms with van der Waals surface area (Å²) < 4.78 is 7.60. The number of hydrogen-bond acceptors (Lipinski definition) is 5. The van der Waals surface area contributed by atoms with Crippen LogP contribution < -0.4 is 14.8 Å². The highest BCUT2D eigenvalue weighted by molar-refractivity contribution is 7.07. The van der Waals surface area contributed by atoms with Crippen LogP contribution in [0.5, 0.6) is 0 Å². The van der Waals surface area contributed by atoms with E-state index >= 15 is 0 Å². The number of ether oxygens (including phenoxy) is 1. The summed E-state index contributed by atoms with van der Waals surface area (Å²) in [5.41, 5.74) is 0.498. The van der Waals surface area contributed by atoms with Gasteiger partial charge in [0.1, 0.15) is 16.8 Å². The summed E-state index contributed by atoms with van der Waals surface area (Å²) >= 11 is 7.11. The molecule has 0 aliphatic carbocycles. The fourth-order valence-electron chi connectivity index (χ4n) is 2.25. The molecule has 0 aliphatic heterocycles. The molecule has 1 aromatic heterocycles. The van der Waals surface area contributed by atoms with Crippen molar-refractivity contribution >= 4 is 34.6 Å². The molecule has 128 valence electrons. The molecule has 0 bridgehead atoms. The van der Waals surface area contributed by atoms with Gasteiger partial charge in [-0.25, -0.2) is 0 Å². The molecule has 5 nitrogen and oxygen atoms in total. The lowest BCUT2D eigenvalue weighted by atomic mass is 10.2. The minimum absolute atomic E-state index is 0.0655. The van der Waals surface area contributed by atoms with Gasteiger partial charge in [-0.05, 0) is 37.1 Å². The van der Waals surface area contributed by atoms with Crippen LogP contribution in [-0.2, 0) is 11.3 Å². The number of hydrogen-bond donors (Lipinski definition) is 0. The van der Waals surface area contributed by atoms with Gasteiger partial charge in [0.15, 0.2) is 5.57 Å². The molecule has 0 saturated carbocycles. The Labute approximate surface area is 154 Å². The normalized spacial score (nSPS) is 11.1. The van der Waals surface area contributed by atoms with Crippen LogP contribution in [0.1, 0.15) is 18.9 Å². The Morgan fingerprint density at radius 1 is 1.40 bits per heavy atom. The van der Waals surface area contributed by atoms with Gasteiger partial charge in [0.25, 0.3) is 5.56 Å². The minimum atomic E-state index is -0.223. The molecule has 0 fully saturated rings. The quantitative estimate of drug-likeness (QED) is 0.725. The summed E-state index contributed by atoms with van der Waals surface area (Å²) in [4.78, 5) is 12.7. The average Bonchev–Trinajstić information content (AvgIpc) is 2.89. The molecule has 25 heavy (non-hydrogen) atoms. The molecule has 0 atom stereocenters. The molecule has 0 radical (unpaired) electrons. The maximum Gasteiger partial charge on any atom is 0.269 e. The zero-order valence-electron chi connectivity index (χ0n) is 13.7. The molecular formula is C18H16ClN3O2S. The van der Waals surface area contributed by atoms with E-state index in [-0.39, 0.29) is 11.1 Å². The largest absolute Gasteiger partial charge is 0.382 e. The molecule has 0 spiro atoms. The van der Waals surface area contributed by atoms with Crippen LogP contribution in [0.15, 0.2) is 29.1 Å². The van der Waals surface area contributed by atoms with Gasteiger partial charge in [0, 0.05) is 24.8 Å². The molecule has 2 rings (SSSR count). The van der Waals surface area contributed by atoms with Crippen molar-refractivity contribution in [3.05, 3.63) is 54.4 Å². The standard InChI is InChI=1S/C18H16ClN3O2S/c1-2-24-8-4-7-22-17(23)16(25-18(22)14(11-20)12-21)10-13-5-3-6-15(19)9-13/h3,5-6,9-10H,2,4,7-8H2,1H3/b16-10+. The average molecular weight is 374 g/mol. The molecule has 1 heterocycles. The third kappa shape index (κ3) is 4.80. The van der Waals surface area contributed by atoms with Crippen molar-refractivity contribution in [3.8, 4) is 12.1 Å². The summed E-state index contributed by atoms with van der Waals surface area (Å²) in [6.07, 6.45) is 2.34. The predicted octanol–water partition coefficient (Wildman–Crippen LogP) is 2.02. The lowest BCUT2D eigenvalue weighted by Gasteiger charge is -2.02. The molecule has 7 heteroatoms. The highest BCUT2D eigenvalue weighted by Crippen LogP contribution is 2.10. The number of nitrogens with zero attached hydrogens (tertiary/aromatic N) is 3. The summed E-state index contributed by atoms with van der Waals surface area (Å²) in [6.45, 7) is 3.41. The Morgan fingerprint density at radius 2 is 2.16 bits per heavy atom. The Kier molecular flexibility index (Phi) is 6.97. The van der Waals surface area contributed by atoms with Crippen molar-refractivity contribution in [2.45, 2.75) is 19.9 Å². The predicted molar refractivity (Wildman–Crippen MR) is 98.6 cm³/mol. The van der Waals surface area contributed by atoms with E-state index in [9.17, 15) is 4.79 Å². The van der Waals surface area contributed by atoms with E-state index in [2.05, 4.69) is 0 Å². The maximum absolute atomic E-state index is 12.7. The van der Waals surface area contributed by atoms with E-state index in [1.165, 1.54) is 4.57 Å². The Hall–Kier alpha value is -2.38. The Balaban J connectivity index is 2.58. The van der Waals surface area contributed by atoms with Crippen LogP contribution in [0.4, 0.5) is 0 Å². The smallest absolute Gasteiger partial charge is 0.269 e. The van der Waals surface area contributed by atoms with Crippen molar-refractivity contribution in [2.75, 3.05) is 13.2 Å².